The van der Waals surface area contributed by atoms with Gasteiger partial charge in [0.2, 0.25) is 0 Å². The number of hydrogen-bond acceptors (Lipinski definition) is 4. The highest BCUT2D eigenvalue weighted by atomic mass is 127. The van der Waals surface area contributed by atoms with E-state index in [9.17, 15) is 0 Å². The summed E-state index contributed by atoms with van der Waals surface area (Å²) in [6.45, 7) is 7.69. The predicted octanol–water partition coefficient (Wildman–Crippen LogP) is 3.78. The lowest BCUT2D eigenvalue weighted by Gasteiger charge is -2.16. The Bertz CT molecular complexity index is 539. The topological polar surface area (TPSA) is 54.9 Å². The van der Waals surface area contributed by atoms with Gasteiger partial charge in [0.15, 0.2) is 5.96 Å². The molecule has 2 atom stereocenters. The summed E-state index contributed by atoms with van der Waals surface area (Å²) in [4.78, 5) is 5.91. The van der Waals surface area contributed by atoms with Crippen molar-refractivity contribution in [1.82, 2.24) is 10.6 Å². The first-order valence-corrected chi connectivity index (χ1v) is 10.1. The molecule has 0 saturated carbocycles. The minimum atomic E-state index is 0. The smallest absolute Gasteiger partial charge is 0.191 e. The zero-order valence-corrected chi connectivity index (χ0v) is 19.1. The first kappa shape index (κ1) is 23.4. The van der Waals surface area contributed by atoms with Gasteiger partial charge >= 0.3 is 0 Å². The molecule has 1 fully saturated rings. The highest BCUT2D eigenvalue weighted by Gasteiger charge is 2.15. The van der Waals surface area contributed by atoms with E-state index in [0.29, 0.717) is 12.0 Å². The van der Waals surface area contributed by atoms with Gasteiger partial charge in [-0.05, 0) is 37.8 Å². The Morgan fingerprint density at radius 3 is 2.88 bits per heavy atom. The molecule has 0 spiro atoms. The number of para-hydroxylation sites is 1. The number of hydrogen-bond donors (Lipinski definition) is 2. The summed E-state index contributed by atoms with van der Waals surface area (Å²) in [5.74, 6) is 3.31. The molecule has 2 unspecified atom stereocenters. The quantitative estimate of drug-likeness (QED) is 0.238. The van der Waals surface area contributed by atoms with E-state index in [0.717, 1.165) is 56.5 Å². The van der Waals surface area contributed by atoms with E-state index in [4.69, 9.17) is 14.5 Å². The first-order valence-electron chi connectivity index (χ1n) is 9.12. The highest BCUT2D eigenvalue weighted by molar-refractivity contribution is 14.0. The monoisotopic (exact) mass is 493 g/mol. The molecule has 5 nitrogen and oxygen atoms in total. The van der Waals surface area contributed by atoms with Crippen molar-refractivity contribution in [2.45, 2.75) is 37.7 Å². The number of methoxy groups -OCH3 is 1. The van der Waals surface area contributed by atoms with Crippen LogP contribution in [0, 0.1) is 5.92 Å². The maximum atomic E-state index is 5.66. The van der Waals surface area contributed by atoms with E-state index in [-0.39, 0.29) is 24.0 Å². The van der Waals surface area contributed by atoms with Crippen LogP contribution in [-0.2, 0) is 4.74 Å². The van der Waals surface area contributed by atoms with Crippen LogP contribution < -0.4 is 15.4 Å². The molecule has 2 N–H and O–H groups in total. The van der Waals surface area contributed by atoms with Crippen LogP contribution in [0.4, 0.5) is 0 Å². The summed E-state index contributed by atoms with van der Waals surface area (Å²) in [5, 5.41) is 6.71. The number of nitrogens with one attached hydrogen (secondary N) is 2. The summed E-state index contributed by atoms with van der Waals surface area (Å²) in [6.07, 6.45) is 2.62. The molecule has 1 heterocycles. The maximum absolute atomic E-state index is 5.66. The second kappa shape index (κ2) is 13.5. The Morgan fingerprint density at radius 2 is 2.19 bits per heavy atom. The van der Waals surface area contributed by atoms with Crippen molar-refractivity contribution in [3.8, 4) is 5.75 Å². The number of rotatable bonds is 9. The number of guanidine groups is 1. The fourth-order valence-electron chi connectivity index (χ4n) is 2.63. The molecule has 1 aromatic rings. The van der Waals surface area contributed by atoms with Crippen LogP contribution in [0.15, 0.2) is 34.2 Å². The van der Waals surface area contributed by atoms with Crippen molar-refractivity contribution in [2.75, 3.05) is 39.1 Å². The third-order valence-electron chi connectivity index (χ3n) is 4.02. The molecule has 1 aliphatic rings. The molecule has 148 valence electrons. The van der Waals surface area contributed by atoms with Crippen molar-refractivity contribution in [3.05, 3.63) is 24.3 Å². The first-order chi connectivity index (χ1) is 12.2. The van der Waals surface area contributed by atoms with Crippen molar-refractivity contribution >= 4 is 41.7 Å². The molecule has 0 aliphatic carbocycles. The lowest BCUT2D eigenvalue weighted by molar-refractivity contribution is 0.114. The lowest BCUT2D eigenvalue weighted by atomic mass is 10.2. The molecular formula is C19H32IN3O2S. The second-order valence-electron chi connectivity index (χ2n) is 6.30. The van der Waals surface area contributed by atoms with Gasteiger partial charge in [0.25, 0.3) is 0 Å². The van der Waals surface area contributed by atoms with Crippen LogP contribution in [0.25, 0.3) is 0 Å². The van der Waals surface area contributed by atoms with Gasteiger partial charge in [0.05, 0.1) is 13.2 Å². The standard InChI is InChI=1S/C19H31N3O2S.HI/c1-4-20-19(22-13-16-8-7-11-24-16)21-12-15(2)14-25-18-10-6-5-9-17(18)23-3;/h5-6,9-10,15-16H,4,7-8,11-14H2,1-3H3,(H2,20,21,22);1H. The summed E-state index contributed by atoms with van der Waals surface area (Å²) < 4.78 is 11.1. The van der Waals surface area contributed by atoms with Crippen molar-refractivity contribution < 1.29 is 9.47 Å². The van der Waals surface area contributed by atoms with Gasteiger partial charge < -0.3 is 20.1 Å². The molecule has 0 bridgehead atoms. The van der Waals surface area contributed by atoms with Crippen molar-refractivity contribution in [3.63, 3.8) is 0 Å². The largest absolute Gasteiger partial charge is 0.496 e. The Morgan fingerprint density at radius 1 is 1.38 bits per heavy atom. The van der Waals surface area contributed by atoms with E-state index in [1.165, 1.54) is 4.90 Å². The Hall–Kier alpha value is -0.670. The number of nitrogens with zero attached hydrogens (tertiary/aromatic N) is 1. The van der Waals surface area contributed by atoms with E-state index < -0.39 is 0 Å². The van der Waals surface area contributed by atoms with Crippen molar-refractivity contribution in [2.24, 2.45) is 10.9 Å². The molecule has 1 aliphatic heterocycles. The molecule has 26 heavy (non-hydrogen) atoms. The van der Waals surface area contributed by atoms with Crippen LogP contribution in [0.3, 0.4) is 0 Å². The predicted molar refractivity (Wildman–Crippen MR) is 121 cm³/mol. The Labute approximate surface area is 179 Å². The van der Waals surface area contributed by atoms with E-state index in [1.54, 1.807) is 7.11 Å². The highest BCUT2D eigenvalue weighted by Crippen LogP contribution is 2.29. The molecule has 1 aromatic carbocycles. The summed E-state index contributed by atoms with van der Waals surface area (Å²) >= 11 is 1.82. The number of halogens is 1. The summed E-state index contributed by atoms with van der Waals surface area (Å²) in [5.41, 5.74) is 0. The molecule has 7 heteroatoms. The maximum Gasteiger partial charge on any atom is 0.191 e. The van der Waals surface area contributed by atoms with Gasteiger partial charge in [-0.1, -0.05) is 19.1 Å². The van der Waals surface area contributed by atoms with Gasteiger partial charge in [0, 0.05) is 36.9 Å². The number of aliphatic imine (C=N–C) groups is 1. The molecule has 1 saturated heterocycles. The Kier molecular flexibility index (Phi) is 12.1. The lowest BCUT2D eigenvalue weighted by Crippen LogP contribution is -2.41. The van der Waals surface area contributed by atoms with E-state index >= 15 is 0 Å². The van der Waals surface area contributed by atoms with Gasteiger partial charge in [-0.2, -0.15) is 0 Å². The average molecular weight is 493 g/mol. The number of benzene rings is 1. The average Bonchev–Trinajstić information content (AvgIpc) is 3.16. The third kappa shape index (κ3) is 8.35. The SMILES string of the molecule is CCNC(=NCC(C)CSc1ccccc1OC)NCC1CCCO1.I. The van der Waals surface area contributed by atoms with Gasteiger partial charge in [0.1, 0.15) is 5.75 Å². The molecule has 0 aromatic heterocycles. The summed E-state index contributed by atoms with van der Waals surface area (Å²) in [6, 6.07) is 8.15. The normalized spacial score (nSPS) is 18.1. The van der Waals surface area contributed by atoms with Crippen LogP contribution in [-0.4, -0.2) is 51.2 Å². The minimum Gasteiger partial charge on any atom is -0.496 e. The van der Waals surface area contributed by atoms with Gasteiger partial charge in [-0.25, -0.2) is 0 Å². The fraction of sp³-hybridized carbons (Fsp3) is 0.632. The fourth-order valence-corrected chi connectivity index (χ4v) is 3.67. The van der Waals surface area contributed by atoms with Crippen LogP contribution >= 0.6 is 35.7 Å². The zero-order valence-electron chi connectivity index (χ0n) is 16.0. The van der Waals surface area contributed by atoms with Crippen LogP contribution in [0.1, 0.15) is 26.7 Å². The number of ether oxygens (including phenoxy) is 2. The molecule has 0 radical (unpaired) electrons. The Balaban J connectivity index is 0.00000338. The molecule has 0 amide bonds. The van der Waals surface area contributed by atoms with Crippen LogP contribution in [0.2, 0.25) is 0 Å². The van der Waals surface area contributed by atoms with Crippen molar-refractivity contribution in [1.29, 1.82) is 0 Å². The third-order valence-corrected chi connectivity index (χ3v) is 5.40. The molecule has 2 rings (SSSR count). The van der Waals surface area contributed by atoms with E-state index in [1.807, 2.05) is 30.0 Å². The minimum absolute atomic E-state index is 0. The second-order valence-corrected chi connectivity index (χ2v) is 7.36. The molecular weight excluding hydrogens is 461 g/mol. The van der Waals surface area contributed by atoms with E-state index in [2.05, 4.69) is 30.5 Å². The number of thioether (sulfide) groups is 1. The summed E-state index contributed by atoms with van der Waals surface area (Å²) in [7, 11) is 1.72. The van der Waals surface area contributed by atoms with Gasteiger partial charge in [-0.3, -0.25) is 4.99 Å². The zero-order chi connectivity index (χ0) is 17.9. The van der Waals surface area contributed by atoms with Crippen LogP contribution in [0.5, 0.6) is 5.75 Å². The van der Waals surface area contributed by atoms with Gasteiger partial charge in [-0.15, -0.1) is 35.7 Å².